The number of ether oxygens (including phenoxy) is 1. The van der Waals surface area contributed by atoms with E-state index in [1.807, 2.05) is 67.6 Å². The standard InChI is InChI=1S/C32H35N3O4/c1-4-7-12-22-17-19-24(20-18-22)30(36)33-26-16-11-15-25(21-26)28-27(31(37)39-6-3)29(23-13-9-8-10-14-23)35(5-2)32(38)34-28/h8-11,13-21,28H,4-7,12H2,1-3H3,(H,33,36)(H,34,38). The molecule has 4 rings (SSSR count). The fourth-order valence-electron chi connectivity index (χ4n) is 4.74. The van der Waals surface area contributed by atoms with Crippen molar-refractivity contribution in [3.63, 3.8) is 0 Å². The molecule has 3 aromatic rings. The lowest BCUT2D eigenvalue weighted by molar-refractivity contribution is -0.138. The van der Waals surface area contributed by atoms with Crippen LogP contribution in [0.25, 0.3) is 5.70 Å². The van der Waals surface area contributed by atoms with Crippen molar-refractivity contribution < 1.29 is 19.1 Å². The van der Waals surface area contributed by atoms with Gasteiger partial charge in [-0.15, -0.1) is 0 Å². The number of benzene rings is 3. The summed E-state index contributed by atoms with van der Waals surface area (Å²) in [6, 6.07) is 23.1. The molecule has 0 radical (unpaired) electrons. The van der Waals surface area contributed by atoms with Gasteiger partial charge in [-0.1, -0.05) is 67.9 Å². The van der Waals surface area contributed by atoms with E-state index in [1.165, 1.54) is 5.56 Å². The van der Waals surface area contributed by atoms with E-state index >= 15 is 0 Å². The first-order valence-corrected chi connectivity index (χ1v) is 13.5. The van der Waals surface area contributed by atoms with E-state index in [0.29, 0.717) is 34.6 Å². The number of esters is 1. The lowest BCUT2D eigenvalue weighted by Gasteiger charge is -2.36. The van der Waals surface area contributed by atoms with Gasteiger partial charge < -0.3 is 15.4 Å². The average molecular weight is 526 g/mol. The fraction of sp³-hybridized carbons (Fsp3) is 0.281. The van der Waals surface area contributed by atoms with Gasteiger partial charge in [-0.3, -0.25) is 9.69 Å². The smallest absolute Gasteiger partial charge is 0.338 e. The molecule has 0 aromatic heterocycles. The molecule has 2 N–H and O–H groups in total. The highest BCUT2D eigenvalue weighted by Gasteiger charge is 2.38. The number of carbonyl (C=O) groups is 3. The third kappa shape index (κ3) is 6.37. The number of aryl methyl sites for hydroxylation is 1. The molecule has 0 saturated carbocycles. The van der Waals surface area contributed by atoms with E-state index in [4.69, 9.17) is 4.74 Å². The Morgan fingerprint density at radius 2 is 1.69 bits per heavy atom. The third-order valence-electron chi connectivity index (χ3n) is 6.70. The quantitative estimate of drug-likeness (QED) is 0.302. The first-order chi connectivity index (χ1) is 19.0. The number of anilines is 1. The highest BCUT2D eigenvalue weighted by atomic mass is 16.5. The van der Waals surface area contributed by atoms with E-state index in [1.54, 1.807) is 30.0 Å². The van der Waals surface area contributed by atoms with Gasteiger partial charge in [0.05, 0.1) is 23.9 Å². The first kappa shape index (κ1) is 27.6. The van der Waals surface area contributed by atoms with Crippen LogP contribution >= 0.6 is 0 Å². The maximum atomic E-state index is 13.3. The Morgan fingerprint density at radius 3 is 2.36 bits per heavy atom. The zero-order valence-electron chi connectivity index (χ0n) is 22.7. The second-order valence-corrected chi connectivity index (χ2v) is 9.36. The van der Waals surface area contributed by atoms with Crippen molar-refractivity contribution in [1.82, 2.24) is 10.2 Å². The second-order valence-electron chi connectivity index (χ2n) is 9.36. The maximum absolute atomic E-state index is 13.3. The molecule has 1 atom stereocenters. The van der Waals surface area contributed by atoms with Crippen LogP contribution in [0.15, 0.2) is 84.4 Å². The third-order valence-corrected chi connectivity index (χ3v) is 6.70. The van der Waals surface area contributed by atoms with Crippen LogP contribution in [0.4, 0.5) is 10.5 Å². The molecule has 3 amide bonds. The van der Waals surface area contributed by atoms with Crippen LogP contribution in [-0.4, -0.2) is 36.0 Å². The van der Waals surface area contributed by atoms with Gasteiger partial charge in [-0.05, 0) is 67.6 Å². The molecule has 0 fully saturated rings. The summed E-state index contributed by atoms with van der Waals surface area (Å²) in [5.41, 5.74) is 4.58. The summed E-state index contributed by atoms with van der Waals surface area (Å²) in [5, 5.41) is 5.92. The van der Waals surface area contributed by atoms with Crippen molar-refractivity contribution in [1.29, 1.82) is 0 Å². The predicted molar refractivity (Wildman–Crippen MR) is 153 cm³/mol. The summed E-state index contributed by atoms with van der Waals surface area (Å²) in [6.07, 6.45) is 3.22. The number of carbonyl (C=O) groups excluding carboxylic acids is 3. The average Bonchev–Trinajstić information content (AvgIpc) is 2.96. The van der Waals surface area contributed by atoms with Crippen molar-refractivity contribution in [2.45, 2.75) is 46.1 Å². The molecule has 202 valence electrons. The number of rotatable bonds is 10. The summed E-state index contributed by atoms with van der Waals surface area (Å²) >= 11 is 0. The van der Waals surface area contributed by atoms with Crippen molar-refractivity contribution in [3.05, 3.63) is 107 Å². The number of hydrogen-bond acceptors (Lipinski definition) is 4. The zero-order valence-corrected chi connectivity index (χ0v) is 22.7. The second kappa shape index (κ2) is 12.9. The lowest BCUT2D eigenvalue weighted by Crippen LogP contribution is -2.47. The Bertz CT molecular complexity index is 1350. The highest BCUT2D eigenvalue weighted by Crippen LogP contribution is 2.37. The van der Waals surface area contributed by atoms with Crippen molar-refractivity contribution >= 4 is 29.3 Å². The summed E-state index contributed by atoms with van der Waals surface area (Å²) in [5.74, 6) is -0.734. The van der Waals surface area contributed by atoms with Gasteiger partial charge in [-0.25, -0.2) is 9.59 Å². The summed E-state index contributed by atoms with van der Waals surface area (Å²) in [7, 11) is 0. The number of hydrogen-bond donors (Lipinski definition) is 2. The van der Waals surface area contributed by atoms with E-state index in [-0.39, 0.29) is 18.5 Å². The lowest BCUT2D eigenvalue weighted by atomic mass is 9.91. The highest BCUT2D eigenvalue weighted by molar-refractivity contribution is 6.05. The molecule has 0 spiro atoms. The molecule has 7 heteroatoms. The molecular weight excluding hydrogens is 490 g/mol. The molecule has 1 aliphatic heterocycles. The minimum absolute atomic E-state index is 0.199. The number of amides is 3. The number of nitrogens with one attached hydrogen (secondary N) is 2. The van der Waals surface area contributed by atoms with Crippen molar-refractivity contribution in [2.75, 3.05) is 18.5 Å². The molecule has 0 saturated heterocycles. The van der Waals surface area contributed by atoms with Crippen LogP contribution < -0.4 is 10.6 Å². The summed E-state index contributed by atoms with van der Waals surface area (Å²) in [6.45, 7) is 6.34. The van der Waals surface area contributed by atoms with Crippen LogP contribution in [0, 0.1) is 0 Å². The monoisotopic (exact) mass is 525 g/mol. The van der Waals surface area contributed by atoms with Crippen LogP contribution in [0.1, 0.15) is 66.7 Å². The van der Waals surface area contributed by atoms with Gasteiger partial charge >= 0.3 is 12.0 Å². The Labute approximate surface area is 229 Å². The molecule has 1 heterocycles. The van der Waals surface area contributed by atoms with Crippen molar-refractivity contribution in [2.24, 2.45) is 0 Å². The molecule has 39 heavy (non-hydrogen) atoms. The van der Waals surface area contributed by atoms with E-state index < -0.39 is 12.0 Å². The Balaban J connectivity index is 1.68. The molecule has 3 aromatic carbocycles. The number of urea groups is 1. The van der Waals surface area contributed by atoms with E-state index in [2.05, 4.69) is 17.6 Å². The molecule has 1 unspecified atom stereocenters. The van der Waals surface area contributed by atoms with Gasteiger partial charge in [0.2, 0.25) is 0 Å². The van der Waals surface area contributed by atoms with Gasteiger partial charge in [0.1, 0.15) is 0 Å². The van der Waals surface area contributed by atoms with Gasteiger partial charge in [0.25, 0.3) is 5.91 Å². The van der Waals surface area contributed by atoms with E-state index in [0.717, 1.165) is 24.8 Å². The van der Waals surface area contributed by atoms with Crippen molar-refractivity contribution in [3.8, 4) is 0 Å². The van der Waals surface area contributed by atoms with E-state index in [9.17, 15) is 14.4 Å². The molecule has 7 nitrogen and oxygen atoms in total. The minimum atomic E-state index is -0.760. The largest absolute Gasteiger partial charge is 0.463 e. The molecular formula is C32H35N3O4. The fourth-order valence-corrected chi connectivity index (χ4v) is 4.74. The van der Waals surface area contributed by atoms with Crippen LogP contribution in [0.2, 0.25) is 0 Å². The predicted octanol–water partition coefficient (Wildman–Crippen LogP) is 6.34. The molecule has 0 bridgehead atoms. The van der Waals surface area contributed by atoms with Gasteiger partial charge in [0, 0.05) is 17.8 Å². The Kier molecular flexibility index (Phi) is 9.15. The minimum Gasteiger partial charge on any atom is -0.463 e. The molecule has 0 aliphatic carbocycles. The molecule has 1 aliphatic rings. The van der Waals surface area contributed by atoms with Crippen LogP contribution in [-0.2, 0) is 16.0 Å². The number of unbranched alkanes of at least 4 members (excludes halogenated alkanes) is 1. The normalized spacial score (nSPS) is 15.1. The summed E-state index contributed by atoms with van der Waals surface area (Å²) < 4.78 is 5.46. The van der Waals surface area contributed by atoms with Crippen LogP contribution in [0.5, 0.6) is 0 Å². The Morgan fingerprint density at radius 1 is 0.949 bits per heavy atom. The topological polar surface area (TPSA) is 87.7 Å². The first-order valence-electron chi connectivity index (χ1n) is 13.5. The number of nitrogens with zero attached hydrogens (tertiary/aromatic N) is 1. The van der Waals surface area contributed by atoms with Gasteiger partial charge in [0.15, 0.2) is 0 Å². The van der Waals surface area contributed by atoms with Crippen LogP contribution in [0.3, 0.4) is 0 Å². The maximum Gasteiger partial charge on any atom is 0.338 e. The zero-order chi connectivity index (χ0) is 27.8. The van der Waals surface area contributed by atoms with Gasteiger partial charge in [-0.2, -0.15) is 0 Å². The summed E-state index contributed by atoms with van der Waals surface area (Å²) in [4.78, 5) is 41.1. The Hall–Kier alpha value is -4.39. The SMILES string of the molecule is CCCCc1ccc(C(=O)Nc2cccc(C3NC(=O)N(CC)C(c4ccccc4)=C3C(=O)OCC)c2)cc1.